The molecule has 2 aliphatic heterocycles. The first-order valence-electron chi connectivity index (χ1n) is 10.1. The predicted octanol–water partition coefficient (Wildman–Crippen LogP) is 3.08. The maximum absolute atomic E-state index is 12.8. The minimum absolute atomic E-state index is 0.00438. The molecule has 6 heteroatoms. The molecule has 0 radical (unpaired) electrons. The van der Waals surface area contributed by atoms with Gasteiger partial charge < -0.3 is 19.3 Å². The van der Waals surface area contributed by atoms with Crippen molar-refractivity contribution in [2.24, 2.45) is 0 Å². The molecule has 6 nitrogen and oxygen atoms in total. The van der Waals surface area contributed by atoms with E-state index >= 15 is 0 Å². The Morgan fingerprint density at radius 1 is 1.00 bits per heavy atom. The van der Waals surface area contributed by atoms with Crippen LogP contribution >= 0.6 is 0 Å². The van der Waals surface area contributed by atoms with Crippen molar-refractivity contribution in [2.45, 2.75) is 19.3 Å². The Balaban J connectivity index is 1.37. The molecule has 152 valence electrons. The first-order valence-corrected chi connectivity index (χ1v) is 10.1. The Labute approximate surface area is 171 Å². The molecule has 2 aromatic carbocycles. The predicted molar refractivity (Wildman–Crippen MR) is 112 cm³/mol. The van der Waals surface area contributed by atoms with Crippen molar-refractivity contribution in [3.05, 3.63) is 53.6 Å². The quantitative estimate of drug-likeness (QED) is 0.705. The van der Waals surface area contributed by atoms with Gasteiger partial charge >= 0.3 is 0 Å². The molecular weight excluding hydrogens is 368 g/mol. The third kappa shape index (κ3) is 4.27. The van der Waals surface area contributed by atoms with Crippen LogP contribution in [-0.4, -0.2) is 51.6 Å². The third-order valence-electron chi connectivity index (χ3n) is 5.61. The number of benzene rings is 2. The highest BCUT2D eigenvalue weighted by molar-refractivity contribution is 6.01. The molecule has 0 unspecified atom stereocenters. The number of nitrogens with zero attached hydrogens (tertiary/aromatic N) is 2. The lowest BCUT2D eigenvalue weighted by molar-refractivity contribution is -0.118. The fourth-order valence-electron chi connectivity index (χ4n) is 3.94. The van der Waals surface area contributed by atoms with Crippen LogP contribution in [0.25, 0.3) is 0 Å². The molecule has 0 saturated carbocycles. The van der Waals surface area contributed by atoms with Gasteiger partial charge in [0.1, 0.15) is 5.75 Å². The van der Waals surface area contributed by atoms with E-state index in [0.717, 1.165) is 38.4 Å². The summed E-state index contributed by atoms with van der Waals surface area (Å²) in [5.74, 6) is 0.690. The van der Waals surface area contributed by atoms with Crippen molar-refractivity contribution in [1.82, 2.24) is 0 Å². The number of carbonyl (C=O) groups is 2. The summed E-state index contributed by atoms with van der Waals surface area (Å²) >= 11 is 0. The van der Waals surface area contributed by atoms with E-state index in [4.69, 9.17) is 9.47 Å². The van der Waals surface area contributed by atoms with Gasteiger partial charge in [0, 0.05) is 49.4 Å². The van der Waals surface area contributed by atoms with E-state index in [0.29, 0.717) is 17.9 Å². The van der Waals surface area contributed by atoms with Crippen LogP contribution in [0.1, 0.15) is 28.8 Å². The number of hydrogen-bond acceptors (Lipinski definition) is 5. The Bertz CT molecular complexity index is 888. The summed E-state index contributed by atoms with van der Waals surface area (Å²) in [4.78, 5) is 29.3. The van der Waals surface area contributed by atoms with Crippen molar-refractivity contribution in [3.8, 4) is 5.75 Å². The zero-order chi connectivity index (χ0) is 20.2. The molecule has 0 bridgehead atoms. The zero-order valence-corrected chi connectivity index (χ0v) is 16.7. The fraction of sp³-hybridized carbons (Fsp3) is 0.391. The summed E-state index contributed by atoms with van der Waals surface area (Å²) in [6.07, 6.45) is 1.28. The highest BCUT2D eigenvalue weighted by atomic mass is 16.5. The fourth-order valence-corrected chi connectivity index (χ4v) is 3.94. The average molecular weight is 394 g/mol. The van der Waals surface area contributed by atoms with Gasteiger partial charge in [-0.3, -0.25) is 9.59 Å². The molecule has 2 aliphatic rings. The second-order valence-electron chi connectivity index (χ2n) is 7.36. The summed E-state index contributed by atoms with van der Waals surface area (Å²) in [5, 5.41) is 0. The maximum atomic E-state index is 12.8. The summed E-state index contributed by atoms with van der Waals surface area (Å²) in [6.45, 7) is 3.98. The van der Waals surface area contributed by atoms with Crippen molar-refractivity contribution in [3.63, 3.8) is 0 Å². The number of Topliss-reactive ketones (excluding diaryl/α,β-unsaturated/α-hetero) is 1. The first kappa shape index (κ1) is 19.5. The van der Waals surface area contributed by atoms with Crippen LogP contribution in [-0.2, 0) is 16.0 Å². The molecule has 1 amide bonds. The molecule has 2 aromatic rings. The highest BCUT2D eigenvalue weighted by Crippen LogP contribution is 2.32. The van der Waals surface area contributed by atoms with Gasteiger partial charge in [0.2, 0.25) is 5.91 Å². The van der Waals surface area contributed by atoms with Crippen molar-refractivity contribution >= 4 is 23.1 Å². The topological polar surface area (TPSA) is 59.1 Å². The monoisotopic (exact) mass is 394 g/mol. The number of anilines is 2. The van der Waals surface area contributed by atoms with E-state index in [1.807, 2.05) is 11.0 Å². The van der Waals surface area contributed by atoms with Gasteiger partial charge in [-0.05, 0) is 54.4 Å². The van der Waals surface area contributed by atoms with Gasteiger partial charge in [-0.1, -0.05) is 0 Å². The number of hydrogen-bond donors (Lipinski definition) is 0. The zero-order valence-electron chi connectivity index (χ0n) is 16.7. The number of fused-ring (bicyclic) bond motifs is 1. The molecule has 1 saturated heterocycles. The smallest absolute Gasteiger partial charge is 0.227 e. The van der Waals surface area contributed by atoms with Crippen LogP contribution in [0.5, 0.6) is 5.75 Å². The summed E-state index contributed by atoms with van der Waals surface area (Å²) in [7, 11) is 1.59. The first-order chi connectivity index (χ1) is 14.2. The molecule has 0 aromatic heterocycles. The van der Waals surface area contributed by atoms with Crippen LogP contribution in [0, 0.1) is 0 Å². The summed E-state index contributed by atoms with van der Waals surface area (Å²) in [5.41, 5.74) is 3.97. The number of carbonyl (C=O) groups excluding carboxylic acids is 2. The Kier molecular flexibility index (Phi) is 5.81. The Morgan fingerprint density at radius 2 is 1.76 bits per heavy atom. The van der Waals surface area contributed by atoms with Crippen molar-refractivity contribution in [1.29, 1.82) is 0 Å². The third-order valence-corrected chi connectivity index (χ3v) is 5.61. The van der Waals surface area contributed by atoms with Gasteiger partial charge in [-0.15, -0.1) is 0 Å². The van der Waals surface area contributed by atoms with E-state index in [1.54, 1.807) is 31.4 Å². The lowest BCUT2D eigenvalue weighted by Gasteiger charge is -2.29. The number of rotatable bonds is 6. The molecular formula is C23H26N2O4. The van der Waals surface area contributed by atoms with Gasteiger partial charge in [-0.2, -0.15) is 0 Å². The van der Waals surface area contributed by atoms with Gasteiger partial charge in [0.25, 0.3) is 0 Å². The molecule has 29 heavy (non-hydrogen) atoms. The summed E-state index contributed by atoms with van der Waals surface area (Å²) < 4.78 is 10.5. The maximum Gasteiger partial charge on any atom is 0.227 e. The van der Waals surface area contributed by atoms with Crippen molar-refractivity contribution in [2.75, 3.05) is 49.8 Å². The number of amides is 1. The number of methoxy groups -OCH3 is 1. The van der Waals surface area contributed by atoms with Gasteiger partial charge in [-0.25, -0.2) is 0 Å². The largest absolute Gasteiger partial charge is 0.497 e. The van der Waals surface area contributed by atoms with Crippen LogP contribution in [0.4, 0.5) is 11.4 Å². The van der Waals surface area contributed by atoms with E-state index < -0.39 is 0 Å². The molecule has 4 rings (SSSR count). The molecule has 0 aliphatic carbocycles. The lowest BCUT2D eigenvalue weighted by Crippen LogP contribution is -2.36. The number of morpholine rings is 1. The normalized spacial score (nSPS) is 15.9. The Morgan fingerprint density at radius 3 is 2.48 bits per heavy atom. The van der Waals surface area contributed by atoms with E-state index in [2.05, 4.69) is 17.0 Å². The molecule has 0 atom stereocenters. The van der Waals surface area contributed by atoms with Crippen LogP contribution in [0.3, 0.4) is 0 Å². The number of ether oxygens (including phenoxy) is 2. The second kappa shape index (κ2) is 8.66. The minimum atomic E-state index is -0.0249. The van der Waals surface area contributed by atoms with Crippen LogP contribution in [0.15, 0.2) is 42.5 Å². The van der Waals surface area contributed by atoms with E-state index in [9.17, 15) is 9.59 Å². The standard InChI is InChI=1S/C23H26N2O4/c1-28-20-5-2-17(3-6-20)22(26)8-9-23(27)25-11-10-18-16-19(4-7-21(18)25)24-12-14-29-15-13-24/h2-7,16H,8-15H2,1H3. The Hall–Kier alpha value is -2.86. The molecule has 2 heterocycles. The van der Waals surface area contributed by atoms with Crippen LogP contribution < -0.4 is 14.5 Å². The van der Waals surface area contributed by atoms with E-state index in [1.165, 1.54) is 11.3 Å². The SMILES string of the molecule is COc1ccc(C(=O)CCC(=O)N2CCc3cc(N4CCOCC4)ccc32)cc1. The molecule has 1 fully saturated rings. The minimum Gasteiger partial charge on any atom is -0.497 e. The number of ketones is 1. The van der Waals surface area contributed by atoms with Gasteiger partial charge in [0.15, 0.2) is 5.78 Å². The molecule has 0 spiro atoms. The van der Waals surface area contributed by atoms with Crippen molar-refractivity contribution < 1.29 is 19.1 Å². The average Bonchev–Trinajstić information content (AvgIpc) is 3.21. The molecule has 0 N–H and O–H groups in total. The lowest BCUT2D eigenvalue weighted by atomic mass is 10.1. The van der Waals surface area contributed by atoms with Crippen LogP contribution in [0.2, 0.25) is 0 Å². The summed E-state index contributed by atoms with van der Waals surface area (Å²) in [6, 6.07) is 13.3. The van der Waals surface area contributed by atoms with E-state index in [-0.39, 0.29) is 24.5 Å². The second-order valence-corrected chi connectivity index (χ2v) is 7.36. The van der Waals surface area contributed by atoms with Gasteiger partial charge in [0.05, 0.1) is 20.3 Å². The highest BCUT2D eigenvalue weighted by Gasteiger charge is 2.26.